The van der Waals surface area contributed by atoms with Crippen LogP contribution in [0.15, 0.2) is 30.3 Å². The van der Waals surface area contributed by atoms with Crippen LogP contribution in [-0.2, 0) is 6.54 Å². The third-order valence-electron chi connectivity index (χ3n) is 4.47. The molecule has 1 fully saturated rings. The van der Waals surface area contributed by atoms with Gasteiger partial charge in [-0.25, -0.2) is 4.39 Å². The predicted molar refractivity (Wildman–Crippen MR) is 96.0 cm³/mol. The maximum atomic E-state index is 13.0. The molecule has 1 amide bonds. The van der Waals surface area contributed by atoms with Crippen LogP contribution in [0.25, 0.3) is 0 Å². The molecular weight excluding hydrogens is 323 g/mol. The summed E-state index contributed by atoms with van der Waals surface area (Å²) in [6.45, 7) is 8.22. The average Bonchev–Trinajstić information content (AvgIpc) is 2.75. The van der Waals surface area contributed by atoms with Crippen LogP contribution in [-0.4, -0.2) is 41.9 Å². The molecule has 1 aromatic carbocycles. The number of hydrogen-bond acceptors (Lipinski definition) is 3. The number of rotatable bonds is 3. The number of amides is 1. The molecule has 24 heavy (non-hydrogen) atoms. The van der Waals surface area contributed by atoms with Gasteiger partial charge in [-0.3, -0.25) is 9.69 Å². The second-order valence-electron chi connectivity index (χ2n) is 6.38. The Bertz CT molecular complexity index is 711. The highest BCUT2D eigenvalue weighted by Crippen LogP contribution is 2.22. The standard InChI is InChI=1S/C19H23FN2OS/c1-14-12-18(15(2)24-14)19(23)22-9-3-8-21(10-11-22)13-16-4-6-17(20)7-5-16/h4-7,12H,3,8-11,13H2,1-2H3. The molecule has 1 aromatic heterocycles. The minimum absolute atomic E-state index is 0.153. The Hall–Kier alpha value is -1.72. The first-order valence-electron chi connectivity index (χ1n) is 8.36. The molecule has 1 aliphatic heterocycles. The molecule has 3 rings (SSSR count). The van der Waals surface area contributed by atoms with Crippen molar-refractivity contribution in [3.05, 3.63) is 57.0 Å². The molecule has 1 saturated heterocycles. The Balaban J connectivity index is 1.61. The largest absolute Gasteiger partial charge is 0.337 e. The van der Waals surface area contributed by atoms with Crippen LogP contribution in [0.2, 0.25) is 0 Å². The lowest BCUT2D eigenvalue weighted by Crippen LogP contribution is -2.35. The van der Waals surface area contributed by atoms with E-state index in [2.05, 4.69) is 4.90 Å². The molecule has 0 bridgehead atoms. The third kappa shape index (κ3) is 4.02. The van der Waals surface area contributed by atoms with E-state index < -0.39 is 0 Å². The number of halogens is 1. The molecule has 3 nitrogen and oxygen atoms in total. The van der Waals surface area contributed by atoms with Crippen molar-refractivity contribution in [2.75, 3.05) is 26.2 Å². The molecule has 2 aromatic rings. The highest BCUT2D eigenvalue weighted by Gasteiger charge is 2.22. The van der Waals surface area contributed by atoms with Crippen LogP contribution in [0, 0.1) is 19.7 Å². The number of aryl methyl sites for hydroxylation is 2. The first kappa shape index (κ1) is 17.1. The minimum atomic E-state index is -0.201. The molecule has 1 aliphatic rings. The van der Waals surface area contributed by atoms with Crippen molar-refractivity contribution in [2.24, 2.45) is 0 Å². The molecule has 2 heterocycles. The van der Waals surface area contributed by atoms with Crippen LogP contribution in [0.4, 0.5) is 4.39 Å². The summed E-state index contributed by atoms with van der Waals surface area (Å²) in [6.07, 6.45) is 0.967. The number of hydrogen-bond donors (Lipinski definition) is 0. The zero-order valence-corrected chi connectivity index (χ0v) is 15.0. The molecule has 0 atom stereocenters. The number of benzene rings is 1. The van der Waals surface area contributed by atoms with Crippen molar-refractivity contribution in [1.82, 2.24) is 9.80 Å². The summed E-state index contributed by atoms with van der Waals surface area (Å²) in [5.41, 5.74) is 1.96. The number of carbonyl (C=O) groups excluding carboxylic acids is 1. The maximum absolute atomic E-state index is 13.0. The van der Waals surface area contributed by atoms with E-state index in [1.54, 1.807) is 11.3 Å². The smallest absolute Gasteiger partial charge is 0.255 e. The van der Waals surface area contributed by atoms with Crippen molar-refractivity contribution in [3.8, 4) is 0 Å². The topological polar surface area (TPSA) is 23.6 Å². The molecule has 0 aliphatic carbocycles. The van der Waals surface area contributed by atoms with Crippen LogP contribution >= 0.6 is 11.3 Å². The number of nitrogens with zero attached hydrogens (tertiary/aromatic N) is 2. The Morgan fingerprint density at radius 2 is 1.88 bits per heavy atom. The van der Waals surface area contributed by atoms with Gasteiger partial charge in [-0.1, -0.05) is 12.1 Å². The van der Waals surface area contributed by atoms with Crippen LogP contribution < -0.4 is 0 Å². The number of carbonyl (C=O) groups is 1. The molecule has 0 radical (unpaired) electrons. The van der Waals surface area contributed by atoms with E-state index in [4.69, 9.17) is 0 Å². The monoisotopic (exact) mass is 346 g/mol. The average molecular weight is 346 g/mol. The normalized spacial score (nSPS) is 16.2. The van der Waals surface area contributed by atoms with Crippen molar-refractivity contribution < 1.29 is 9.18 Å². The Labute approximate surface area is 146 Å². The van der Waals surface area contributed by atoms with Gasteiger partial charge in [0.25, 0.3) is 5.91 Å². The van der Waals surface area contributed by atoms with Crippen LogP contribution in [0.5, 0.6) is 0 Å². The van der Waals surface area contributed by atoms with Gasteiger partial charge in [0.15, 0.2) is 0 Å². The Morgan fingerprint density at radius 3 is 2.54 bits per heavy atom. The summed E-state index contributed by atoms with van der Waals surface area (Å²) >= 11 is 1.68. The summed E-state index contributed by atoms with van der Waals surface area (Å²) in [5.74, 6) is -0.0479. The highest BCUT2D eigenvalue weighted by molar-refractivity contribution is 7.12. The van der Waals surface area contributed by atoms with Gasteiger partial charge in [0.2, 0.25) is 0 Å². The quantitative estimate of drug-likeness (QED) is 0.843. The SMILES string of the molecule is Cc1cc(C(=O)N2CCCN(Cc3ccc(F)cc3)CC2)c(C)s1. The second kappa shape index (κ2) is 7.45. The summed E-state index contributed by atoms with van der Waals surface area (Å²) in [7, 11) is 0. The fraction of sp³-hybridized carbons (Fsp3) is 0.421. The van der Waals surface area contributed by atoms with Gasteiger partial charge >= 0.3 is 0 Å². The third-order valence-corrected chi connectivity index (χ3v) is 5.43. The molecule has 0 saturated carbocycles. The lowest BCUT2D eigenvalue weighted by atomic mass is 10.2. The lowest BCUT2D eigenvalue weighted by Gasteiger charge is -2.22. The van der Waals surface area contributed by atoms with Crippen molar-refractivity contribution in [3.63, 3.8) is 0 Å². The lowest BCUT2D eigenvalue weighted by molar-refractivity contribution is 0.0761. The van der Waals surface area contributed by atoms with Gasteiger partial charge in [-0.2, -0.15) is 0 Å². The van der Waals surface area contributed by atoms with E-state index >= 15 is 0 Å². The van der Waals surface area contributed by atoms with Crippen molar-refractivity contribution in [2.45, 2.75) is 26.8 Å². The zero-order chi connectivity index (χ0) is 17.1. The van der Waals surface area contributed by atoms with Gasteiger partial charge in [-0.15, -0.1) is 11.3 Å². The Kier molecular flexibility index (Phi) is 5.31. The molecule has 0 N–H and O–H groups in total. The summed E-state index contributed by atoms with van der Waals surface area (Å²) in [5, 5.41) is 0. The molecule has 128 valence electrons. The minimum Gasteiger partial charge on any atom is -0.337 e. The summed E-state index contributed by atoms with van der Waals surface area (Å²) in [6, 6.07) is 8.68. The van der Waals surface area contributed by atoms with Crippen LogP contribution in [0.1, 0.15) is 32.1 Å². The summed E-state index contributed by atoms with van der Waals surface area (Å²) < 4.78 is 13.0. The van der Waals surface area contributed by atoms with E-state index in [1.165, 1.54) is 17.0 Å². The van der Waals surface area contributed by atoms with E-state index in [0.717, 1.165) is 55.1 Å². The van der Waals surface area contributed by atoms with Gasteiger partial charge in [-0.05, 0) is 44.0 Å². The first-order valence-corrected chi connectivity index (χ1v) is 9.17. The number of thiophene rings is 1. The maximum Gasteiger partial charge on any atom is 0.255 e. The van der Waals surface area contributed by atoms with E-state index in [-0.39, 0.29) is 11.7 Å². The van der Waals surface area contributed by atoms with Gasteiger partial charge < -0.3 is 4.90 Å². The fourth-order valence-corrected chi connectivity index (χ4v) is 4.11. The summed E-state index contributed by atoms with van der Waals surface area (Å²) in [4.78, 5) is 19.4. The fourth-order valence-electron chi connectivity index (χ4n) is 3.19. The van der Waals surface area contributed by atoms with E-state index in [1.807, 2.05) is 36.9 Å². The first-order chi connectivity index (χ1) is 11.5. The molecule has 0 unspecified atom stereocenters. The Morgan fingerprint density at radius 1 is 1.12 bits per heavy atom. The zero-order valence-electron chi connectivity index (χ0n) is 14.2. The highest BCUT2D eigenvalue weighted by atomic mass is 32.1. The van der Waals surface area contributed by atoms with E-state index in [0.29, 0.717) is 0 Å². The van der Waals surface area contributed by atoms with Crippen molar-refractivity contribution >= 4 is 17.2 Å². The molecule has 0 spiro atoms. The van der Waals surface area contributed by atoms with Crippen LogP contribution in [0.3, 0.4) is 0 Å². The predicted octanol–water partition coefficient (Wildman–Crippen LogP) is 3.85. The second-order valence-corrected chi connectivity index (χ2v) is 7.84. The van der Waals surface area contributed by atoms with E-state index in [9.17, 15) is 9.18 Å². The van der Waals surface area contributed by atoms with Crippen molar-refractivity contribution in [1.29, 1.82) is 0 Å². The molecular formula is C19H23FN2OS. The van der Waals surface area contributed by atoms with Gasteiger partial charge in [0, 0.05) is 42.5 Å². The van der Waals surface area contributed by atoms with Gasteiger partial charge in [0.05, 0.1) is 5.56 Å². The van der Waals surface area contributed by atoms with Gasteiger partial charge in [0.1, 0.15) is 5.82 Å². The molecule has 5 heteroatoms.